The first-order valence-electron chi connectivity index (χ1n) is 8.48. The molecule has 0 aliphatic carbocycles. The Balaban J connectivity index is 1.56. The molecule has 0 spiro atoms. The molecule has 4 heteroatoms. The van der Waals surface area contributed by atoms with Gasteiger partial charge < -0.3 is 9.47 Å². The first kappa shape index (κ1) is 16.2. The summed E-state index contributed by atoms with van der Waals surface area (Å²) in [5.41, 5.74) is 2.40. The van der Waals surface area contributed by atoms with Crippen molar-refractivity contribution in [1.29, 1.82) is 0 Å². The Morgan fingerprint density at radius 2 is 1.92 bits per heavy atom. The lowest BCUT2D eigenvalue weighted by atomic mass is 10.2. The second-order valence-corrected chi connectivity index (χ2v) is 5.90. The number of rotatable bonds is 7. The molecule has 0 fully saturated rings. The van der Waals surface area contributed by atoms with Gasteiger partial charge in [-0.25, -0.2) is 0 Å². The number of amides is 1. The highest BCUT2D eigenvalue weighted by atomic mass is 16.2. The number of carbonyl (C=O) groups is 1. The topological polar surface area (TPSA) is 38.1 Å². The molecule has 0 aliphatic rings. The molecule has 1 aromatic carbocycles. The highest BCUT2D eigenvalue weighted by Crippen LogP contribution is 2.15. The molecule has 2 heterocycles. The Kier molecular flexibility index (Phi) is 5.26. The van der Waals surface area contributed by atoms with E-state index in [1.807, 2.05) is 36.1 Å². The highest BCUT2D eigenvalue weighted by Gasteiger charge is 2.12. The van der Waals surface area contributed by atoms with Gasteiger partial charge >= 0.3 is 0 Å². The summed E-state index contributed by atoms with van der Waals surface area (Å²) in [4.78, 5) is 18.5. The summed E-state index contributed by atoms with van der Waals surface area (Å²) >= 11 is 0. The molecule has 4 nitrogen and oxygen atoms in total. The number of fused-ring (bicyclic) bond motifs is 1. The van der Waals surface area contributed by atoms with Crippen molar-refractivity contribution >= 4 is 16.8 Å². The zero-order valence-electron chi connectivity index (χ0n) is 14.1. The summed E-state index contributed by atoms with van der Waals surface area (Å²) in [5.74, 6) is 0.212. The van der Waals surface area contributed by atoms with Gasteiger partial charge in [-0.2, -0.15) is 0 Å². The molecule has 3 rings (SSSR count). The van der Waals surface area contributed by atoms with Crippen LogP contribution in [0.3, 0.4) is 0 Å². The molecular formula is C20H23N3O. The van der Waals surface area contributed by atoms with Crippen LogP contribution in [0.2, 0.25) is 0 Å². The molecule has 3 aromatic rings. The molecule has 0 radical (unpaired) electrons. The summed E-state index contributed by atoms with van der Waals surface area (Å²) < 4.78 is 2.16. The van der Waals surface area contributed by atoms with Gasteiger partial charge in [-0.05, 0) is 48.6 Å². The molecule has 0 N–H and O–H groups in total. The summed E-state index contributed by atoms with van der Waals surface area (Å²) in [6.07, 6.45) is 7.05. The monoisotopic (exact) mass is 321 g/mol. The fourth-order valence-corrected chi connectivity index (χ4v) is 2.98. The van der Waals surface area contributed by atoms with Crippen molar-refractivity contribution < 1.29 is 4.79 Å². The molecule has 1 amide bonds. The van der Waals surface area contributed by atoms with Crippen molar-refractivity contribution in [3.8, 4) is 0 Å². The fraction of sp³-hybridized carbons (Fsp3) is 0.300. The first-order chi connectivity index (χ1) is 11.8. The number of para-hydroxylation sites is 1. The van der Waals surface area contributed by atoms with E-state index in [4.69, 9.17) is 0 Å². The lowest BCUT2D eigenvalue weighted by Gasteiger charge is -2.21. The number of nitrogens with zero attached hydrogens (tertiary/aromatic N) is 3. The number of benzene rings is 1. The minimum absolute atomic E-state index is 0.212. The summed E-state index contributed by atoms with van der Waals surface area (Å²) in [7, 11) is 0. The van der Waals surface area contributed by atoms with E-state index in [1.165, 1.54) is 16.5 Å². The number of carbonyl (C=O) groups excluding carboxylic acids is 1. The fourth-order valence-electron chi connectivity index (χ4n) is 2.98. The first-order valence-corrected chi connectivity index (χ1v) is 8.48. The van der Waals surface area contributed by atoms with Crippen molar-refractivity contribution in [3.05, 3.63) is 66.6 Å². The number of aryl methyl sites for hydroxylation is 1. The molecule has 124 valence electrons. The predicted molar refractivity (Wildman–Crippen MR) is 96.8 cm³/mol. The zero-order chi connectivity index (χ0) is 16.8. The van der Waals surface area contributed by atoms with Crippen LogP contribution in [-0.4, -0.2) is 33.4 Å². The van der Waals surface area contributed by atoms with Crippen LogP contribution in [0.15, 0.2) is 61.1 Å². The van der Waals surface area contributed by atoms with Gasteiger partial charge in [-0.1, -0.05) is 18.2 Å². The van der Waals surface area contributed by atoms with Crippen LogP contribution < -0.4 is 0 Å². The standard InChI is InChI=1S/C20H23N3O/c1-2-22(14-9-17-7-12-21-13-8-17)20(24)11-16-23-15-10-18-5-3-4-6-19(18)23/h3-8,10,12-13,15H,2,9,11,14,16H2,1H3. The molecule has 0 bridgehead atoms. The van der Waals surface area contributed by atoms with Gasteiger partial charge in [0.05, 0.1) is 0 Å². The Morgan fingerprint density at radius 3 is 2.71 bits per heavy atom. The normalized spacial score (nSPS) is 10.9. The van der Waals surface area contributed by atoms with Crippen LogP contribution in [0.1, 0.15) is 18.9 Å². The second kappa shape index (κ2) is 7.77. The van der Waals surface area contributed by atoms with Crippen LogP contribution in [0.4, 0.5) is 0 Å². The van der Waals surface area contributed by atoms with Crippen LogP contribution in [-0.2, 0) is 17.8 Å². The lowest BCUT2D eigenvalue weighted by Crippen LogP contribution is -2.33. The van der Waals surface area contributed by atoms with E-state index in [2.05, 4.69) is 33.9 Å². The number of likely N-dealkylation sites (N-methyl/N-ethyl adjacent to an activating group) is 1. The van der Waals surface area contributed by atoms with Gasteiger partial charge in [0.2, 0.25) is 5.91 Å². The smallest absolute Gasteiger partial charge is 0.224 e. The van der Waals surface area contributed by atoms with Crippen molar-refractivity contribution in [1.82, 2.24) is 14.5 Å². The maximum Gasteiger partial charge on any atom is 0.224 e. The average Bonchev–Trinajstić information content (AvgIpc) is 3.04. The molecule has 0 saturated heterocycles. The quantitative estimate of drug-likeness (QED) is 0.668. The molecule has 0 aliphatic heterocycles. The van der Waals surface area contributed by atoms with E-state index in [9.17, 15) is 4.79 Å². The van der Waals surface area contributed by atoms with Crippen LogP contribution >= 0.6 is 0 Å². The van der Waals surface area contributed by atoms with Crippen LogP contribution in [0.25, 0.3) is 10.9 Å². The van der Waals surface area contributed by atoms with Gasteiger partial charge in [0.15, 0.2) is 0 Å². The molecule has 0 atom stereocenters. The number of hydrogen-bond acceptors (Lipinski definition) is 2. The second-order valence-electron chi connectivity index (χ2n) is 5.90. The zero-order valence-corrected chi connectivity index (χ0v) is 14.1. The van der Waals surface area contributed by atoms with Gasteiger partial charge in [-0.15, -0.1) is 0 Å². The van der Waals surface area contributed by atoms with Gasteiger partial charge in [0, 0.05) is 50.2 Å². The highest BCUT2D eigenvalue weighted by molar-refractivity contribution is 5.80. The Labute approximate surface area is 142 Å². The molecule has 0 unspecified atom stereocenters. The Hall–Kier alpha value is -2.62. The van der Waals surface area contributed by atoms with Gasteiger partial charge in [0.25, 0.3) is 0 Å². The average molecular weight is 321 g/mol. The van der Waals surface area contributed by atoms with E-state index in [0.717, 1.165) is 26.1 Å². The molecule has 0 saturated carbocycles. The number of hydrogen-bond donors (Lipinski definition) is 0. The van der Waals surface area contributed by atoms with Crippen molar-refractivity contribution in [2.45, 2.75) is 26.3 Å². The summed E-state index contributed by atoms with van der Waals surface area (Å²) in [6.45, 7) is 4.26. The molecule has 24 heavy (non-hydrogen) atoms. The minimum Gasteiger partial charge on any atom is -0.347 e. The predicted octanol–water partition coefficient (Wildman–Crippen LogP) is 3.52. The van der Waals surface area contributed by atoms with E-state index in [1.54, 1.807) is 12.4 Å². The minimum atomic E-state index is 0.212. The van der Waals surface area contributed by atoms with Gasteiger partial charge in [-0.3, -0.25) is 9.78 Å². The van der Waals surface area contributed by atoms with E-state index >= 15 is 0 Å². The lowest BCUT2D eigenvalue weighted by molar-refractivity contribution is -0.131. The largest absolute Gasteiger partial charge is 0.347 e. The summed E-state index contributed by atoms with van der Waals surface area (Å²) in [6, 6.07) is 14.4. The van der Waals surface area contributed by atoms with E-state index < -0.39 is 0 Å². The van der Waals surface area contributed by atoms with E-state index in [-0.39, 0.29) is 5.91 Å². The maximum absolute atomic E-state index is 12.5. The summed E-state index contributed by atoms with van der Waals surface area (Å²) in [5, 5.41) is 1.22. The van der Waals surface area contributed by atoms with Crippen molar-refractivity contribution in [3.63, 3.8) is 0 Å². The number of aromatic nitrogens is 2. The maximum atomic E-state index is 12.5. The van der Waals surface area contributed by atoms with Crippen molar-refractivity contribution in [2.75, 3.05) is 13.1 Å². The third-order valence-corrected chi connectivity index (χ3v) is 4.40. The van der Waals surface area contributed by atoms with Crippen LogP contribution in [0, 0.1) is 0 Å². The third kappa shape index (κ3) is 3.82. The van der Waals surface area contributed by atoms with Gasteiger partial charge in [0.1, 0.15) is 0 Å². The Morgan fingerprint density at radius 1 is 1.12 bits per heavy atom. The molecular weight excluding hydrogens is 298 g/mol. The Bertz CT molecular complexity index is 795. The SMILES string of the molecule is CCN(CCc1ccncc1)C(=O)CCn1ccc2ccccc21. The third-order valence-electron chi connectivity index (χ3n) is 4.40. The van der Waals surface area contributed by atoms with Crippen molar-refractivity contribution in [2.24, 2.45) is 0 Å². The van der Waals surface area contributed by atoms with E-state index in [0.29, 0.717) is 6.42 Å². The van der Waals surface area contributed by atoms with Crippen LogP contribution in [0.5, 0.6) is 0 Å². The number of pyridine rings is 1. The molecule has 2 aromatic heterocycles.